The molecule has 6 heteroatoms. The van der Waals surface area contributed by atoms with Crippen LogP contribution in [0.15, 0.2) is 36.7 Å². The second-order valence-electron chi connectivity index (χ2n) is 5.94. The summed E-state index contributed by atoms with van der Waals surface area (Å²) in [4.78, 5) is 20.6. The molecule has 0 radical (unpaired) electrons. The molecule has 1 aromatic heterocycles. The largest absolute Gasteiger partial charge is 0.497 e. The Morgan fingerprint density at radius 2 is 1.96 bits per heavy atom. The van der Waals surface area contributed by atoms with Crippen molar-refractivity contribution in [3.8, 4) is 5.75 Å². The van der Waals surface area contributed by atoms with E-state index in [1.54, 1.807) is 13.2 Å². The lowest BCUT2D eigenvalue weighted by atomic mass is 10.2. The summed E-state index contributed by atoms with van der Waals surface area (Å²) in [7, 11) is 1.63. The van der Waals surface area contributed by atoms with Crippen LogP contribution in [-0.4, -0.2) is 29.0 Å². The predicted molar refractivity (Wildman–Crippen MR) is 92.1 cm³/mol. The van der Waals surface area contributed by atoms with Crippen molar-refractivity contribution in [3.05, 3.63) is 47.9 Å². The van der Waals surface area contributed by atoms with Crippen molar-refractivity contribution in [3.63, 3.8) is 0 Å². The fourth-order valence-electron chi connectivity index (χ4n) is 2.86. The fourth-order valence-corrected chi connectivity index (χ4v) is 2.86. The summed E-state index contributed by atoms with van der Waals surface area (Å²) in [6.07, 6.45) is 6.24. The molecule has 1 aliphatic carbocycles. The zero-order valence-corrected chi connectivity index (χ0v) is 13.8. The summed E-state index contributed by atoms with van der Waals surface area (Å²) in [5.74, 6) is 1.30. The lowest BCUT2D eigenvalue weighted by Crippen LogP contribution is -2.24. The maximum atomic E-state index is 12.3. The van der Waals surface area contributed by atoms with Gasteiger partial charge in [0.2, 0.25) is 0 Å². The van der Waals surface area contributed by atoms with Gasteiger partial charge in [-0.3, -0.25) is 4.79 Å². The quantitative estimate of drug-likeness (QED) is 0.853. The first kappa shape index (κ1) is 16.2. The van der Waals surface area contributed by atoms with E-state index in [-0.39, 0.29) is 5.91 Å². The van der Waals surface area contributed by atoms with Gasteiger partial charge >= 0.3 is 0 Å². The number of carbonyl (C=O) groups excluding carboxylic acids is 1. The van der Waals surface area contributed by atoms with Crippen LogP contribution in [0, 0.1) is 0 Å². The first-order valence-corrected chi connectivity index (χ1v) is 8.24. The molecule has 1 fully saturated rings. The monoisotopic (exact) mass is 326 g/mol. The molecule has 0 bridgehead atoms. The van der Waals surface area contributed by atoms with Gasteiger partial charge in [0, 0.05) is 18.7 Å². The number of nitrogens with zero attached hydrogens (tertiary/aromatic N) is 2. The van der Waals surface area contributed by atoms with Crippen molar-refractivity contribution in [2.45, 2.75) is 38.3 Å². The molecule has 1 saturated carbocycles. The summed E-state index contributed by atoms with van der Waals surface area (Å²) < 4.78 is 5.12. The molecule has 3 rings (SSSR count). The Bertz CT molecular complexity index is 682. The van der Waals surface area contributed by atoms with E-state index in [1.807, 2.05) is 24.3 Å². The van der Waals surface area contributed by atoms with Gasteiger partial charge in [-0.25, -0.2) is 9.97 Å². The van der Waals surface area contributed by atoms with Crippen LogP contribution in [0.1, 0.15) is 41.7 Å². The minimum atomic E-state index is -0.206. The Labute approximate surface area is 141 Å². The molecule has 2 aromatic rings. The third-order valence-corrected chi connectivity index (χ3v) is 4.22. The highest BCUT2D eigenvalue weighted by atomic mass is 16.5. The van der Waals surface area contributed by atoms with Crippen molar-refractivity contribution in [1.82, 2.24) is 15.3 Å². The number of methoxy groups -OCH3 is 1. The van der Waals surface area contributed by atoms with Gasteiger partial charge in [-0.2, -0.15) is 0 Å². The van der Waals surface area contributed by atoms with E-state index in [0.29, 0.717) is 24.1 Å². The van der Waals surface area contributed by atoms with Crippen LogP contribution in [0.2, 0.25) is 0 Å². The minimum Gasteiger partial charge on any atom is -0.497 e. The Balaban J connectivity index is 1.57. The van der Waals surface area contributed by atoms with Gasteiger partial charge in [0.25, 0.3) is 5.91 Å². The van der Waals surface area contributed by atoms with Gasteiger partial charge in [-0.1, -0.05) is 25.0 Å². The lowest BCUT2D eigenvalue weighted by Gasteiger charge is -2.12. The maximum absolute atomic E-state index is 12.3. The molecule has 2 N–H and O–H groups in total. The standard InChI is InChI=1S/C18H22N4O2/c1-24-15-8-6-13(7-9-15)11-19-18(23)16-10-17(21-12-20-16)22-14-4-2-3-5-14/h6-10,12,14H,2-5,11H2,1H3,(H,19,23)(H,20,21,22). The second-order valence-corrected chi connectivity index (χ2v) is 5.94. The highest BCUT2D eigenvalue weighted by molar-refractivity contribution is 5.92. The molecule has 0 unspecified atom stereocenters. The highest BCUT2D eigenvalue weighted by Gasteiger charge is 2.16. The van der Waals surface area contributed by atoms with Crippen LogP contribution >= 0.6 is 0 Å². The smallest absolute Gasteiger partial charge is 0.270 e. The molecular weight excluding hydrogens is 304 g/mol. The summed E-state index contributed by atoms with van der Waals surface area (Å²) in [6, 6.07) is 9.75. The van der Waals surface area contributed by atoms with E-state index in [0.717, 1.165) is 24.2 Å². The number of ether oxygens (including phenoxy) is 1. The minimum absolute atomic E-state index is 0.206. The van der Waals surface area contributed by atoms with Gasteiger partial charge in [0.15, 0.2) is 0 Å². The number of nitrogens with one attached hydrogen (secondary N) is 2. The molecule has 0 aliphatic heterocycles. The Hall–Kier alpha value is -2.63. The third-order valence-electron chi connectivity index (χ3n) is 4.22. The number of rotatable bonds is 6. The van der Waals surface area contributed by atoms with Gasteiger partial charge in [-0.15, -0.1) is 0 Å². The Morgan fingerprint density at radius 3 is 2.67 bits per heavy atom. The van der Waals surface area contributed by atoms with Crippen LogP contribution in [0.3, 0.4) is 0 Å². The van der Waals surface area contributed by atoms with E-state index in [2.05, 4.69) is 20.6 Å². The van der Waals surface area contributed by atoms with Crippen LogP contribution in [0.5, 0.6) is 5.75 Å². The second kappa shape index (κ2) is 7.77. The zero-order chi connectivity index (χ0) is 16.8. The summed E-state index contributed by atoms with van der Waals surface area (Å²) in [5, 5.41) is 6.25. The highest BCUT2D eigenvalue weighted by Crippen LogP contribution is 2.21. The van der Waals surface area contributed by atoms with E-state index >= 15 is 0 Å². The third kappa shape index (κ3) is 4.22. The summed E-state index contributed by atoms with van der Waals surface area (Å²) in [5.41, 5.74) is 1.38. The molecule has 1 aliphatic rings. The fraction of sp³-hybridized carbons (Fsp3) is 0.389. The number of amides is 1. The molecule has 1 heterocycles. The van der Waals surface area contributed by atoms with Crippen molar-refractivity contribution < 1.29 is 9.53 Å². The van der Waals surface area contributed by atoms with Gasteiger partial charge < -0.3 is 15.4 Å². The first-order valence-electron chi connectivity index (χ1n) is 8.24. The molecule has 1 amide bonds. The molecule has 1 aromatic carbocycles. The van der Waals surface area contributed by atoms with Crippen LogP contribution < -0.4 is 15.4 Å². The van der Waals surface area contributed by atoms with E-state index in [1.165, 1.54) is 19.2 Å². The molecule has 0 atom stereocenters. The van der Waals surface area contributed by atoms with Crippen molar-refractivity contribution in [2.24, 2.45) is 0 Å². The Kier molecular flexibility index (Phi) is 5.25. The van der Waals surface area contributed by atoms with Gasteiger partial charge in [-0.05, 0) is 30.5 Å². The Morgan fingerprint density at radius 1 is 1.21 bits per heavy atom. The predicted octanol–water partition coefficient (Wildman–Crippen LogP) is 2.77. The average Bonchev–Trinajstić information content (AvgIpc) is 3.13. The number of carbonyl (C=O) groups is 1. The van der Waals surface area contributed by atoms with E-state index in [4.69, 9.17) is 4.74 Å². The first-order chi connectivity index (χ1) is 11.7. The van der Waals surface area contributed by atoms with Gasteiger partial charge in [0.05, 0.1) is 7.11 Å². The van der Waals surface area contributed by atoms with Crippen LogP contribution in [0.25, 0.3) is 0 Å². The topological polar surface area (TPSA) is 76.1 Å². The molecule has 24 heavy (non-hydrogen) atoms. The molecule has 0 saturated heterocycles. The molecular formula is C18H22N4O2. The van der Waals surface area contributed by atoms with Crippen LogP contribution in [-0.2, 0) is 6.54 Å². The zero-order valence-electron chi connectivity index (χ0n) is 13.8. The molecule has 6 nitrogen and oxygen atoms in total. The SMILES string of the molecule is COc1ccc(CNC(=O)c2cc(NC3CCCC3)ncn2)cc1. The normalized spacial score (nSPS) is 14.4. The molecule has 126 valence electrons. The van der Waals surface area contributed by atoms with Gasteiger partial charge in [0.1, 0.15) is 23.6 Å². The van der Waals surface area contributed by atoms with Crippen molar-refractivity contribution in [2.75, 3.05) is 12.4 Å². The van der Waals surface area contributed by atoms with Crippen molar-refractivity contribution >= 4 is 11.7 Å². The number of anilines is 1. The number of benzene rings is 1. The number of aromatic nitrogens is 2. The summed E-state index contributed by atoms with van der Waals surface area (Å²) in [6.45, 7) is 0.443. The van der Waals surface area contributed by atoms with E-state index < -0.39 is 0 Å². The molecule has 0 spiro atoms. The maximum Gasteiger partial charge on any atom is 0.270 e. The summed E-state index contributed by atoms with van der Waals surface area (Å²) >= 11 is 0. The van der Waals surface area contributed by atoms with E-state index in [9.17, 15) is 4.79 Å². The van der Waals surface area contributed by atoms with Crippen LogP contribution in [0.4, 0.5) is 5.82 Å². The lowest BCUT2D eigenvalue weighted by molar-refractivity contribution is 0.0946. The number of hydrogen-bond donors (Lipinski definition) is 2. The average molecular weight is 326 g/mol. The number of hydrogen-bond acceptors (Lipinski definition) is 5. The van der Waals surface area contributed by atoms with Crippen molar-refractivity contribution in [1.29, 1.82) is 0 Å².